The quantitative estimate of drug-likeness (QED) is 0.810. The van der Waals surface area contributed by atoms with Gasteiger partial charge in [0.25, 0.3) is 0 Å². The minimum absolute atomic E-state index is 0.190. The molecule has 1 atom stereocenters. The van der Waals surface area contributed by atoms with E-state index in [1.807, 2.05) is 39.0 Å². The molecule has 1 N–H and O–H groups in total. The Morgan fingerprint density at radius 3 is 2.82 bits per heavy atom. The fourth-order valence-corrected chi connectivity index (χ4v) is 2.20. The molecule has 2 rings (SSSR count). The van der Waals surface area contributed by atoms with Gasteiger partial charge in [-0.25, -0.2) is 4.79 Å². The van der Waals surface area contributed by atoms with Crippen LogP contribution in [0.15, 0.2) is 22.7 Å². The average molecular weight is 298 g/mol. The van der Waals surface area contributed by atoms with E-state index in [9.17, 15) is 4.79 Å². The second-order valence-electron chi connectivity index (χ2n) is 5.24. The first-order valence-electron chi connectivity index (χ1n) is 5.63. The van der Waals surface area contributed by atoms with Crippen LogP contribution in [0.1, 0.15) is 26.3 Å². The predicted octanol–water partition coefficient (Wildman–Crippen LogP) is 3.13. The van der Waals surface area contributed by atoms with Gasteiger partial charge < -0.3 is 10.1 Å². The molecule has 1 heterocycles. The molecular weight excluding hydrogens is 282 g/mol. The Morgan fingerprint density at radius 1 is 1.47 bits per heavy atom. The zero-order chi connectivity index (χ0) is 12.6. The summed E-state index contributed by atoms with van der Waals surface area (Å²) in [6.45, 7) is 5.64. The maximum atomic E-state index is 11.9. The molecule has 92 valence electrons. The molecular formula is C13H16BrNO2. The molecule has 1 aromatic rings. The van der Waals surface area contributed by atoms with E-state index >= 15 is 0 Å². The Bertz CT molecular complexity index is 451. The van der Waals surface area contributed by atoms with Crippen LogP contribution >= 0.6 is 15.9 Å². The summed E-state index contributed by atoms with van der Waals surface area (Å²) in [7, 11) is 0. The lowest BCUT2D eigenvalue weighted by molar-refractivity contribution is -0.155. The molecule has 1 unspecified atom stereocenters. The van der Waals surface area contributed by atoms with Crippen molar-refractivity contribution in [3.63, 3.8) is 0 Å². The van der Waals surface area contributed by atoms with Crippen molar-refractivity contribution in [2.24, 2.45) is 0 Å². The maximum Gasteiger partial charge on any atom is 0.329 e. The molecule has 4 heteroatoms. The number of benzene rings is 1. The van der Waals surface area contributed by atoms with Crippen LogP contribution in [0.25, 0.3) is 0 Å². The van der Waals surface area contributed by atoms with Gasteiger partial charge in [-0.3, -0.25) is 0 Å². The summed E-state index contributed by atoms with van der Waals surface area (Å²) in [4.78, 5) is 11.9. The van der Waals surface area contributed by atoms with E-state index in [-0.39, 0.29) is 12.0 Å². The van der Waals surface area contributed by atoms with Gasteiger partial charge in [0, 0.05) is 16.6 Å². The summed E-state index contributed by atoms with van der Waals surface area (Å²) < 4.78 is 6.38. The summed E-state index contributed by atoms with van der Waals surface area (Å²) in [6.07, 6.45) is 0.692. The highest BCUT2D eigenvalue weighted by Gasteiger charge is 2.30. The maximum absolute atomic E-state index is 11.9. The van der Waals surface area contributed by atoms with E-state index in [0.29, 0.717) is 6.42 Å². The van der Waals surface area contributed by atoms with Crippen LogP contribution in [0, 0.1) is 0 Å². The lowest BCUT2D eigenvalue weighted by Crippen LogP contribution is -2.35. The number of fused-ring (bicyclic) bond motifs is 1. The molecule has 0 radical (unpaired) electrons. The normalized spacial score (nSPS) is 18.5. The van der Waals surface area contributed by atoms with E-state index in [1.165, 1.54) is 0 Å². The first-order chi connectivity index (χ1) is 7.85. The molecule has 3 nitrogen and oxygen atoms in total. The molecule has 0 fully saturated rings. The van der Waals surface area contributed by atoms with Gasteiger partial charge in [-0.15, -0.1) is 0 Å². The third-order valence-electron chi connectivity index (χ3n) is 2.52. The topological polar surface area (TPSA) is 38.3 Å². The molecule has 17 heavy (non-hydrogen) atoms. The van der Waals surface area contributed by atoms with E-state index in [2.05, 4.69) is 21.2 Å². The van der Waals surface area contributed by atoms with E-state index in [4.69, 9.17) is 4.74 Å². The van der Waals surface area contributed by atoms with Crippen molar-refractivity contribution in [1.29, 1.82) is 0 Å². The number of carbonyl (C=O) groups is 1. The Hall–Kier alpha value is -1.03. The number of hydrogen-bond acceptors (Lipinski definition) is 3. The number of ether oxygens (including phenoxy) is 1. The molecule has 1 aliphatic heterocycles. The van der Waals surface area contributed by atoms with Crippen molar-refractivity contribution in [3.8, 4) is 0 Å². The van der Waals surface area contributed by atoms with E-state index in [1.54, 1.807) is 0 Å². The summed E-state index contributed by atoms with van der Waals surface area (Å²) >= 11 is 3.41. The third-order valence-corrected chi connectivity index (χ3v) is 3.01. The van der Waals surface area contributed by atoms with Gasteiger partial charge in [-0.1, -0.05) is 22.0 Å². The molecule has 0 amide bonds. The highest BCUT2D eigenvalue weighted by molar-refractivity contribution is 9.10. The number of anilines is 1. The van der Waals surface area contributed by atoms with Gasteiger partial charge in [0.05, 0.1) is 0 Å². The van der Waals surface area contributed by atoms with Crippen molar-refractivity contribution in [3.05, 3.63) is 28.2 Å². The Balaban J connectivity index is 2.07. The van der Waals surface area contributed by atoms with Gasteiger partial charge >= 0.3 is 5.97 Å². The number of nitrogens with one attached hydrogen (secondary N) is 1. The zero-order valence-electron chi connectivity index (χ0n) is 10.2. The highest BCUT2D eigenvalue weighted by Crippen LogP contribution is 2.29. The van der Waals surface area contributed by atoms with Crippen LogP contribution in [0.3, 0.4) is 0 Å². The van der Waals surface area contributed by atoms with Crippen molar-refractivity contribution < 1.29 is 9.53 Å². The Kier molecular flexibility index (Phi) is 3.17. The Labute approximate surface area is 110 Å². The van der Waals surface area contributed by atoms with Crippen molar-refractivity contribution in [1.82, 2.24) is 0 Å². The predicted molar refractivity (Wildman–Crippen MR) is 71.1 cm³/mol. The third kappa shape index (κ3) is 3.00. The van der Waals surface area contributed by atoms with Crippen molar-refractivity contribution in [2.45, 2.75) is 38.8 Å². The smallest absolute Gasteiger partial charge is 0.329 e. The Morgan fingerprint density at radius 2 is 2.18 bits per heavy atom. The lowest BCUT2D eigenvalue weighted by Gasteiger charge is -2.22. The standard InChI is InChI=1S/C13H16BrNO2/c1-13(2,3)17-12(16)11-6-8-4-5-9(14)7-10(8)15-11/h4-5,7,11,15H,6H2,1-3H3. The molecule has 0 saturated carbocycles. The number of rotatable bonds is 1. The second kappa shape index (κ2) is 4.33. The van der Waals surface area contributed by atoms with Crippen LogP contribution in [0.5, 0.6) is 0 Å². The van der Waals surface area contributed by atoms with Crippen LogP contribution < -0.4 is 5.32 Å². The van der Waals surface area contributed by atoms with Crippen LogP contribution in [-0.2, 0) is 16.0 Å². The summed E-state index contributed by atoms with van der Waals surface area (Å²) in [5.41, 5.74) is 1.73. The van der Waals surface area contributed by atoms with E-state index in [0.717, 1.165) is 15.7 Å². The molecule has 0 aliphatic carbocycles. The van der Waals surface area contributed by atoms with Gasteiger partial charge in [-0.2, -0.15) is 0 Å². The summed E-state index contributed by atoms with van der Waals surface area (Å²) in [5, 5.41) is 3.19. The fourth-order valence-electron chi connectivity index (χ4n) is 1.83. The van der Waals surface area contributed by atoms with Gasteiger partial charge in [0.2, 0.25) is 0 Å². The van der Waals surface area contributed by atoms with Crippen LogP contribution in [-0.4, -0.2) is 17.6 Å². The molecule has 1 aliphatic rings. The van der Waals surface area contributed by atoms with E-state index < -0.39 is 5.60 Å². The molecule has 0 spiro atoms. The largest absolute Gasteiger partial charge is 0.458 e. The number of carbonyl (C=O) groups excluding carboxylic acids is 1. The van der Waals surface area contributed by atoms with Crippen LogP contribution in [0.2, 0.25) is 0 Å². The summed E-state index contributed by atoms with van der Waals surface area (Å²) in [5.74, 6) is -0.190. The number of esters is 1. The van der Waals surface area contributed by atoms with Gasteiger partial charge in [0.1, 0.15) is 11.6 Å². The van der Waals surface area contributed by atoms with Crippen LogP contribution in [0.4, 0.5) is 5.69 Å². The SMILES string of the molecule is CC(C)(C)OC(=O)C1Cc2ccc(Br)cc2N1. The first-order valence-corrected chi connectivity index (χ1v) is 6.42. The zero-order valence-corrected chi connectivity index (χ0v) is 11.8. The molecule has 0 aromatic heterocycles. The number of halogens is 1. The highest BCUT2D eigenvalue weighted by atomic mass is 79.9. The fraction of sp³-hybridized carbons (Fsp3) is 0.462. The molecule has 0 saturated heterocycles. The second-order valence-corrected chi connectivity index (χ2v) is 6.15. The molecule has 1 aromatic carbocycles. The molecule has 0 bridgehead atoms. The van der Waals surface area contributed by atoms with Crippen molar-refractivity contribution >= 4 is 27.6 Å². The minimum Gasteiger partial charge on any atom is -0.458 e. The van der Waals surface area contributed by atoms with Crippen molar-refractivity contribution in [2.75, 3.05) is 5.32 Å². The summed E-state index contributed by atoms with van der Waals surface area (Å²) in [6, 6.07) is 5.73. The first kappa shape index (κ1) is 12.4. The number of hydrogen-bond donors (Lipinski definition) is 1. The average Bonchev–Trinajstić information content (AvgIpc) is 2.57. The lowest BCUT2D eigenvalue weighted by atomic mass is 10.1. The van der Waals surface area contributed by atoms with Gasteiger partial charge in [0.15, 0.2) is 0 Å². The monoisotopic (exact) mass is 297 g/mol. The van der Waals surface area contributed by atoms with Gasteiger partial charge in [-0.05, 0) is 38.5 Å². The minimum atomic E-state index is -0.436.